The molecule has 0 unspecified atom stereocenters. The highest BCUT2D eigenvalue weighted by molar-refractivity contribution is 7.99. The van der Waals surface area contributed by atoms with Gasteiger partial charge in [0.1, 0.15) is 6.04 Å². The van der Waals surface area contributed by atoms with Crippen molar-refractivity contribution >= 4 is 45.0 Å². The number of carbonyl (C=O) groups is 1. The van der Waals surface area contributed by atoms with Crippen molar-refractivity contribution < 1.29 is 13.2 Å². The largest absolute Gasteiger partial charge is 0.353 e. The van der Waals surface area contributed by atoms with Gasteiger partial charge in [-0.2, -0.15) is 0 Å². The number of amides is 1. The van der Waals surface area contributed by atoms with Crippen LogP contribution in [0.5, 0.6) is 0 Å². The van der Waals surface area contributed by atoms with Crippen LogP contribution in [0, 0.1) is 6.92 Å². The lowest BCUT2D eigenvalue weighted by atomic mass is 10.2. The molecule has 2 aromatic rings. The van der Waals surface area contributed by atoms with Gasteiger partial charge in [-0.1, -0.05) is 23.7 Å². The molecule has 1 atom stereocenters. The second kappa shape index (κ2) is 9.48. The molecule has 8 heteroatoms. The Hall–Kier alpha value is -1.70. The second-order valence-electron chi connectivity index (χ2n) is 6.17. The molecule has 0 aliphatic carbocycles. The van der Waals surface area contributed by atoms with E-state index in [1.165, 1.54) is 0 Å². The molecule has 0 aliphatic rings. The summed E-state index contributed by atoms with van der Waals surface area (Å²) < 4.78 is 25.7. The Balaban J connectivity index is 1.97. The molecule has 2 rings (SSSR count). The Labute approximate surface area is 170 Å². The highest BCUT2D eigenvalue weighted by Crippen LogP contribution is 2.22. The highest BCUT2D eigenvalue weighted by atomic mass is 35.5. The first-order valence-corrected chi connectivity index (χ1v) is 11.6. The predicted molar refractivity (Wildman–Crippen MR) is 113 cm³/mol. The summed E-state index contributed by atoms with van der Waals surface area (Å²) in [6, 6.07) is 13.7. The molecule has 0 fully saturated rings. The van der Waals surface area contributed by atoms with Gasteiger partial charge < -0.3 is 5.32 Å². The van der Waals surface area contributed by atoms with Crippen molar-refractivity contribution in [3.05, 3.63) is 59.1 Å². The predicted octanol–water partition coefficient (Wildman–Crippen LogP) is 3.71. The van der Waals surface area contributed by atoms with Gasteiger partial charge in [0.15, 0.2) is 0 Å². The van der Waals surface area contributed by atoms with E-state index in [0.717, 1.165) is 21.0 Å². The molecule has 0 aliphatic heterocycles. The lowest BCUT2D eigenvalue weighted by molar-refractivity contribution is -0.121. The average molecular weight is 427 g/mol. The molecule has 2 aromatic carbocycles. The van der Waals surface area contributed by atoms with E-state index < -0.39 is 16.1 Å². The first-order chi connectivity index (χ1) is 12.7. The average Bonchev–Trinajstić information content (AvgIpc) is 2.59. The van der Waals surface area contributed by atoms with Gasteiger partial charge in [-0.05, 0) is 55.8 Å². The molecule has 1 N–H and O–H groups in total. The number of thioether (sulfide) groups is 1. The van der Waals surface area contributed by atoms with Crippen LogP contribution in [0.25, 0.3) is 0 Å². The number of anilines is 1. The maximum absolute atomic E-state index is 12.5. The quantitative estimate of drug-likeness (QED) is 0.516. The maximum atomic E-state index is 12.5. The van der Waals surface area contributed by atoms with E-state index in [2.05, 4.69) is 5.32 Å². The molecule has 0 aromatic heterocycles. The van der Waals surface area contributed by atoms with Crippen molar-refractivity contribution in [2.75, 3.05) is 22.9 Å². The number of nitrogens with one attached hydrogen (secondary N) is 1. The minimum atomic E-state index is -3.60. The number of sulfonamides is 1. The Morgan fingerprint density at radius 2 is 1.89 bits per heavy atom. The van der Waals surface area contributed by atoms with Gasteiger partial charge in [-0.3, -0.25) is 9.10 Å². The van der Waals surface area contributed by atoms with Crippen molar-refractivity contribution in [1.29, 1.82) is 0 Å². The van der Waals surface area contributed by atoms with Crippen LogP contribution in [0.15, 0.2) is 53.4 Å². The molecule has 0 spiro atoms. The van der Waals surface area contributed by atoms with Crippen LogP contribution in [0.4, 0.5) is 5.69 Å². The summed E-state index contributed by atoms with van der Waals surface area (Å²) in [7, 11) is -3.60. The molecule has 0 saturated heterocycles. The molecule has 0 heterocycles. The fourth-order valence-corrected chi connectivity index (χ4v) is 4.66. The Morgan fingerprint density at radius 1 is 1.22 bits per heavy atom. The summed E-state index contributed by atoms with van der Waals surface area (Å²) in [5, 5.41) is 3.49. The second-order valence-corrected chi connectivity index (χ2v) is 9.63. The van der Waals surface area contributed by atoms with Crippen molar-refractivity contribution in [1.82, 2.24) is 5.32 Å². The highest BCUT2D eigenvalue weighted by Gasteiger charge is 2.28. The van der Waals surface area contributed by atoms with E-state index in [-0.39, 0.29) is 5.91 Å². The summed E-state index contributed by atoms with van der Waals surface area (Å²) in [5.74, 6) is 0.335. The van der Waals surface area contributed by atoms with Gasteiger partial charge >= 0.3 is 0 Å². The third-order valence-electron chi connectivity index (χ3n) is 3.83. The third-order valence-corrected chi connectivity index (χ3v) is 6.34. The van der Waals surface area contributed by atoms with E-state index >= 15 is 0 Å². The van der Waals surface area contributed by atoms with Crippen molar-refractivity contribution in [3.8, 4) is 0 Å². The Kier molecular flexibility index (Phi) is 7.59. The van der Waals surface area contributed by atoms with E-state index in [1.807, 2.05) is 37.3 Å². The summed E-state index contributed by atoms with van der Waals surface area (Å²) in [6.45, 7) is 3.90. The lowest BCUT2D eigenvalue weighted by Gasteiger charge is -2.28. The van der Waals surface area contributed by atoms with Crippen molar-refractivity contribution in [2.45, 2.75) is 24.8 Å². The number of hydrogen-bond donors (Lipinski definition) is 1. The topological polar surface area (TPSA) is 66.5 Å². The van der Waals surface area contributed by atoms with E-state index in [4.69, 9.17) is 11.6 Å². The zero-order valence-electron chi connectivity index (χ0n) is 15.5. The molecule has 1 amide bonds. The summed E-state index contributed by atoms with van der Waals surface area (Å²) in [5.41, 5.74) is 1.41. The number of carbonyl (C=O) groups excluding carboxylic acids is 1. The molecular weight excluding hydrogens is 404 g/mol. The first-order valence-electron chi connectivity index (χ1n) is 8.40. The SMILES string of the molecule is Cc1cccc(N([C@@H](C)C(=O)NCCSc2ccc(Cl)cc2)S(C)(=O)=O)c1. The Bertz CT molecular complexity index is 886. The number of hydrogen-bond acceptors (Lipinski definition) is 4. The van der Waals surface area contributed by atoms with Crippen LogP contribution in [-0.2, 0) is 14.8 Å². The summed E-state index contributed by atoms with van der Waals surface area (Å²) >= 11 is 7.45. The number of rotatable bonds is 8. The van der Waals surface area contributed by atoms with Gasteiger partial charge in [-0.25, -0.2) is 8.42 Å². The number of halogens is 1. The van der Waals surface area contributed by atoms with Crippen LogP contribution >= 0.6 is 23.4 Å². The monoisotopic (exact) mass is 426 g/mol. The van der Waals surface area contributed by atoms with Crippen LogP contribution in [0.3, 0.4) is 0 Å². The Morgan fingerprint density at radius 3 is 2.48 bits per heavy atom. The van der Waals surface area contributed by atoms with Gasteiger partial charge in [-0.15, -0.1) is 11.8 Å². The third kappa shape index (κ3) is 6.45. The molecule has 27 heavy (non-hydrogen) atoms. The fraction of sp³-hybridized carbons (Fsp3) is 0.316. The van der Waals surface area contributed by atoms with Crippen LogP contribution in [-0.4, -0.2) is 38.9 Å². The molecule has 0 radical (unpaired) electrons. The molecule has 0 bridgehead atoms. The molecule has 5 nitrogen and oxygen atoms in total. The summed E-state index contributed by atoms with van der Waals surface area (Å²) in [6.07, 6.45) is 1.11. The normalized spacial score (nSPS) is 12.4. The number of aryl methyl sites for hydroxylation is 1. The zero-order chi connectivity index (χ0) is 20.0. The lowest BCUT2D eigenvalue weighted by Crippen LogP contribution is -2.48. The summed E-state index contributed by atoms with van der Waals surface area (Å²) in [4.78, 5) is 13.6. The molecule has 0 saturated carbocycles. The van der Waals surface area contributed by atoms with Gasteiger partial charge in [0, 0.05) is 22.2 Å². The van der Waals surface area contributed by atoms with Crippen LogP contribution < -0.4 is 9.62 Å². The fourth-order valence-electron chi connectivity index (χ4n) is 2.60. The molecular formula is C19H23ClN2O3S2. The molecule has 146 valence electrons. The van der Waals surface area contributed by atoms with Crippen molar-refractivity contribution in [2.24, 2.45) is 0 Å². The first kappa shape index (κ1) is 21.6. The van der Waals surface area contributed by atoms with E-state index in [0.29, 0.717) is 23.0 Å². The van der Waals surface area contributed by atoms with E-state index in [1.54, 1.807) is 36.9 Å². The standard InChI is InChI=1S/C19H23ClN2O3S2/c1-14-5-4-6-17(13-14)22(27(3,24)25)15(2)19(23)21-11-12-26-18-9-7-16(20)8-10-18/h4-10,13,15H,11-12H2,1-3H3,(H,21,23)/t15-/m0/s1. The van der Waals surface area contributed by atoms with Crippen molar-refractivity contribution in [3.63, 3.8) is 0 Å². The van der Waals surface area contributed by atoms with Gasteiger partial charge in [0.2, 0.25) is 15.9 Å². The maximum Gasteiger partial charge on any atom is 0.243 e. The van der Waals surface area contributed by atoms with Gasteiger partial charge in [0.05, 0.1) is 11.9 Å². The number of benzene rings is 2. The minimum Gasteiger partial charge on any atom is -0.353 e. The van der Waals surface area contributed by atoms with Crippen LogP contribution in [0.1, 0.15) is 12.5 Å². The minimum absolute atomic E-state index is 0.335. The van der Waals surface area contributed by atoms with Crippen LogP contribution in [0.2, 0.25) is 5.02 Å². The smallest absolute Gasteiger partial charge is 0.243 e. The van der Waals surface area contributed by atoms with E-state index in [9.17, 15) is 13.2 Å². The van der Waals surface area contributed by atoms with Gasteiger partial charge in [0.25, 0.3) is 0 Å². The zero-order valence-corrected chi connectivity index (χ0v) is 17.9. The number of nitrogens with zero attached hydrogens (tertiary/aromatic N) is 1.